The Morgan fingerprint density at radius 2 is 1.83 bits per heavy atom. The number of carbonyl (C=O) groups is 1. The Morgan fingerprint density at radius 1 is 1.13 bits per heavy atom. The van der Waals surface area contributed by atoms with E-state index in [0.29, 0.717) is 28.2 Å². The van der Waals surface area contributed by atoms with Crippen molar-refractivity contribution >= 4 is 33.3 Å². The quantitative estimate of drug-likeness (QED) is 0.532. The Kier molecular flexibility index (Phi) is 5.41. The molecule has 0 saturated carbocycles. The van der Waals surface area contributed by atoms with Crippen LogP contribution in [0.25, 0.3) is 21.5 Å². The van der Waals surface area contributed by atoms with Crippen LogP contribution in [0.2, 0.25) is 0 Å². The number of pyridine rings is 1. The second kappa shape index (κ2) is 8.16. The number of hydrogen-bond donors (Lipinski definition) is 1. The van der Waals surface area contributed by atoms with Gasteiger partial charge in [-0.2, -0.15) is 4.37 Å². The van der Waals surface area contributed by atoms with E-state index in [1.54, 1.807) is 12.4 Å². The highest BCUT2D eigenvalue weighted by molar-refractivity contribution is 7.13. The van der Waals surface area contributed by atoms with Crippen molar-refractivity contribution in [1.82, 2.24) is 18.9 Å². The molecule has 7 nitrogen and oxygen atoms in total. The molecule has 0 bridgehead atoms. The minimum atomic E-state index is -0.260. The van der Waals surface area contributed by atoms with Crippen LogP contribution in [0, 0.1) is 13.8 Å². The highest BCUT2D eigenvalue weighted by atomic mass is 32.1. The van der Waals surface area contributed by atoms with Gasteiger partial charge in [0.25, 0.3) is 5.56 Å². The second-order valence-corrected chi connectivity index (χ2v) is 7.81. The number of aromatic nitrogens is 4. The first kappa shape index (κ1) is 19.9. The van der Waals surface area contributed by atoms with E-state index in [1.165, 1.54) is 4.57 Å². The first-order valence-corrected chi connectivity index (χ1v) is 10.4. The maximum atomic E-state index is 13.2. The van der Waals surface area contributed by atoms with Gasteiger partial charge in [-0.15, -0.1) is 0 Å². The Morgan fingerprint density at radius 3 is 2.50 bits per heavy atom. The van der Waals surface area contributed by atoms with Crippen LogP contribution in [0.3, 0.4) is 0 Å². The van der Waals surface area contributed by atoms with Gasteiger partial charge in [0, 0.05) is 30.1 Å². The van der Waals surface area contributed by atoms with E-state index in [0.717, 1.165) is 33.9 Å². The maximum absolute atomic E-state index is 13.2. The predicted molar refractivity (Wildman–Crippen MR) is 119 cm³/mol. The molecule has 0 spiro atoms. The van der Waals surface area contributed by atoms with Crippen molar-refractivity contribution < 1.29 is 4.79 Å². The summed E-state index contributed by atoms with van der Waals surface area (Å²) in [4.78, 5) is 34.6. The molecule has 0 atom stereocenters. The molecule has 1 aromatic carbocycles. The molecule has 0 aliphatic heterocycles. The van der Waals surface area contributed by atoms with Gasteiger partial charge in [-0.25, -0.2) is 4.98 Å². The summed E-state index contributed by atoms with van der Waals surface area (Å²) >= 11 is 1.11. The van der Waals surface area contributed by atoms with Gasteiger partial charge in [-0.3, -0.25) is 19.1 Å². The molecule has 0 aliphatic rings. The van der Waals surface area contributed by atoms with Gasteiger partial charge < -0.3 is 5.32 Å². The van der Waals surface area contributed by atoms with Gasteiger partial charge in [0.2, 0.25) is 5.91 Å². The molecule has 0 aliphatic carbocycles. The Hall–Kier alpha value is -3.39. The summed E-state index contributed by atoms with van der Waals surface area (Å²) in [5, 5.41) is 2.94. The van der Waals surface area contributed by atoms with Crippen molar-refractivity contribution in [2.75, 3.05) is 5.32 Å². The van der Waals surface area contributed by atoms with Crippen LogP contribution in [-0.2, 0) is 17.8 Å². The van der Waals surface area contributed by atoms with Gasteiger partial charge in [-0.05, 0) is 48.6 Å². The van der Waals surface area contributed by atoms with Crippen molar-refractivity contribution in [2.45, 2.75) is 33.7 Å². The molecule has 4 rings (SSSR count). The summed E-state index contributed by atoms with van der Waals surface area (Å²) in [5.74, 6) is 0.295. The van der Waals surface area contributed by atoms with Crippen molar-refractivity contribution in [1.29, 1.82) is 0 Å². The SMILES string of the molecule is CCc1nc2c(-c3ccncc3)nsc2c(=O)n1CC(=O)Nc1c(C)cccc1C. The molecular formula is C22H21N5O2S. The number of hydrogen-bond acceptors (Lipinski definition) is 6. The van der Waals surface area contributed by atoms with Crippen LogP contribution in [0.4, 0.5) is 5.69 Å². The van der Waals surface area contributed by atoms with Gasteiger partial charge >= 0.3 is 0 Å². The molecule has 0 radical (unpaired) electrons. The number of carbonyl (C=O) groups excluding carboxylic acids is 1. The number of nitrogens with one attached hydrogen (secondary N) is 1. The maximum Gasteiger partial charge on any atom is 0.273 e. The van der Waals surface area contributed by atoms with Crippen molar-refractivity contribution in [3.05, 3.63) is 70.0 Å². The zero-order valence-electron chi connectivity index (χ0n) is 17.0. The number of nitrogens with zero attached hydrogens (tertiary/aromatic N) is 4. The Balaban J connectivity index is 1.72. The molecular weight excluding hydrogens is 398 g/mol. The molecule has 4 aromatic rings. The van der Waals surface area contributed by atoms with E-state index < -0.39 is 0 Å². The lowest BCUT2D eigenvalue weighted by Gasteiger charge is -2.14. The molecule has 0 fully saturated rings. The minimum absolute atomic E-state index is 0.0960. The molecule has 1 N–H and O–H groups in total. The monoisotopic (exact) mass is 419 g/mol. The zero-order chi connectivity index (χ0) is 21.3. The van der Waals surface area contributed by atoms with Crippen LogP contribution in [0.5, 0.6) is 0 Å². The van der Waals surface area contributed by atoms with Crippen molar-refractivity contribution in [3.8, 4) is 11.3 Å². The normalized spacial score (nSPS) is 11.0. The number of para-hydroxylation sites is 1. The summed E-state index contributed by atoms with van der Waals surface area (Å²) in [6.45, 7) is 5.70. The lowest BCUT2D eigenvalue weighted by Crippen LogP contribution is -2.31. The Bertz CT molecular complexity index is 1270. The highest BCUT2D eigenvalue weighted by Gasteiger charge is 2.19. The van der Waals surface area contributed by atoms with E-state index >= 15 is 0 Å². The van der Waals surface area contributed by atoms with E-state index in [9.17, 15) is 9.59 Å². The molecule has 3 aromatic heterocycles. The number of amides is 1. The van der Waals surface area contributed by atoms with E-state index in [-0.39, 0.29) is 18.0 Å². The third-order valence-electron chi connectivity index (χ3n) is 4.98. The average molecular weight is 420 g/mol. The molecule has 3 heterocycles. The average Bonchev–Trinajstić information content (AvgIpc) is 3.17. The minimum Gasteiger partial charge on any atom is -0.324 e. The summed E-state index contributed by atoms with van der Waals surface area (Å²) < 4.78 is 6.34. The zero-order valence-corrected chi connectivity index (χ0v) is 17.8. The first-order valence-electron chi connectivity index (χ1n) is 9.65. The number of fused-ring (bicyclic) bond motifs is 1. The Labute approximate surface area is 177 Å². The third-order valence-corrected chi connectivity index (χ3v) is 5.80. The van der Waals surface area contributed by atoms with E-state index in [2.05, 4.69) is 14.7 Å². The highest BCUT2D eigenvalue weighted by Crippen LogP contribution is 2.27. The fourth-order valence-electron chi connectivity index (χ4n) is 3.42. The molecule has 152 valence electrons. The van der Waals surface area contributed by atoms with Crippen LogP contribution in [0.15, 0.2) is 47.5 Å². The van der Waals surface area contributed by atoms with E-state index in [1.807, 2.05) is 51.1 Å². The third kappa shape index (κ3) is 3.61. The van der Waals surface area contributed by atoms with Crippen LogP contribution in [-0.4, -0.2) is 24.8 Å². The fraction of sp³-hybridized carbons (Fsp3) is 0.227. The van der Waals surface area contributed by atoms with Gasteiger partial charge in [0.1, 0.15) is 28.3 Å². The number of anilines is 1. The summed E-state index contributed by atoms with van der Waals surface area (Å²) in [6.07, 6.45) is 3.88. The van der Waals surface area contributed by atoms with Crippen LogP contribution < -0.4 is 10.9 Å². The summed E-state index contributed by atoms with van der Waals surface area (Å²) in [7, 11) is 0. The van der Waals surface area contributed by atoms with Crippen molar-refractivity contribution in [2.24, 2.45) is 0 Å². The molecule has 0 saturated heterocycles. The molecule has 0 unspecified atom stereocenters. The topological polar surface area (TPSA) is 89.8 Å². The van der Waals surface area contributed by atoms with E-state index in [4.69, 9.17) is 4.98 Å². The lowest BCUT2D eigenvalue weighted by atomic mass is 10.1. The van der Waals surface area contributed by atoms with Gasteiger partial charge in [-0.1, -0.05) is 25.1 Å². The standard InChI is InChI=1S/C22H21N5O2S/c1-4-16-24-20-19(15-8-10-23-11-9-15)26-30-21(20)22(29)27(16)12-17(28)25-18-13(2)6-5-7-14(18)3/h5-11H,4,12H2,1-3H3,(H,25,28). The molecule has 8 heteroatoms. The smallest absolute Gasteiger partial charge is 0.273 e. The number of benzene rings is 1. The lowest BCUT2D eigenvalue weighted by molar-refractivity contribution is -0.116. The number of rotatable bonds is 5. The predicted octanol–water partition coefficient (Wildman–Crippen LogP) is 3.73. The molecule has 30 heavy (non-hydrogen) atoms. The summed E-state index contributed by atoms with van der Waals surface area (Å²) in [5.41, 5.74) is 4.58. The first-order chi connectivity index (χ1) is 14.5. The second-order valence-electron chi connectivity index (χ2n) is 7.03. The van der Waals surface area contributed by atoms with Crippen molar-refractivity contribution in [3.63, 3.8) is 0 Å². The van der Waals surface area contributed by atoms with Gasteiger partial charge in [0.15, 0.2) is 0 Å². The largest absolute Gasteiger partial charge is 0.324 e. The molecule has 1 amide bonds. The van der Waals surface area contributed by atoms with Gasteiger partial charge in [0.05, 0.1) is 0 Å². The fourth-order valence-corrected chi connectivity index (χ4v) is 4.22. The summed E-state index contributed by atoms with van der Waals surface area (Å²) in [6, 6.07) is 9.51. The van der Waals surface area contributed by atoms with Crippen LogP contribution in [0.1, 0.15) is 23.9 Å². The van der Waals surface area contributed by atoms with Crippen LogP contribution >= 0.6 is 11.5 Å². The number of aryl methyl sites for hydroxylation is 3.